The summed E-state index contributed by atoms with van der Waals surface area (Å²) < 4.78 is 0. The van der Waals surface area contributed by atoms with Crippen LogP contribution in [-0.2, 0) is 0 Å². The van der Waals surface area contributed by atoms with Gasteiger partial charge in [-0.3, -0.25) is 0 Å². The van der Waals surface area contributed by atoms with Crippen LogP contribution >= 0.6 is 11.8 Å². The van der Waals surface area contributed by atoms with Crippen LogP contribution in [0.3, 0.4) is 0 Å². The molecule has 0 saturated heterocycles. The predicted octanol–water partition coefficient (Wildman–Crippen LogP) is 5.58. The number of rotatable bonds is 4. The van der Waals surface area contributed by atoms with Gasteiger partial charge in [-0.1, -0.05) is 27.7 Å². The summed E-state index contributed by atoms with van der Waals surface area (Å²) in [6.07, 6.45) is 6.18. The third-order valence-electron chi connectivity index (χ3n) is 8.85. The average Bonchev–Trinajstić information content (AvgIpc) is 3.16. The number of hydrogen-bond acceptors (Lipinski definition) is 1. The molecule has 0 aromatic rings. The molecule has 0 radical (unpaired) electrons. The second kappa shape index (κ2) is 5.46. The topological polar surface area (TPSA) is 0 Å². The van der Waals surface area contributed by atoms with Crippen molar-refractivity contribution >= 4 is 11.8 Å². The van der Waals surface area contributed by atoms with E-state index >= 15 is 0 Å². The summed E-state index contributed by atoms with van der Waals surface area (Å²) in [6, 6.07) is 0. The van der Waals surface area contributed by atoms with Gasteiger partial charge in [0.25, 0.3) is 0 Å². The third kappa shape index (κ3) is 2.16. The van der Waals surface area contributed by atoms with Gasteiger partial charge in [-0.25, -0.2) is 0 Å². The molecule has 21 heavy (non-hydrogen) atoms. The van der Waals surface area contributed by atoms with E-state index in [2.05, 4.69) is 39.5 Å². The first-order chi connectivity index (χ1) is 10.1. The van der Waals surface area contributed by atoms with Gasteiger partial charge >= 0.3 is 0 Å². The highest BCUT2D eigenvalue weighted by molar-refractivity contribution is 7.99. The van der Waals surface area contributed by atoms with Crippen LogP contribution in [0, 0.1) is 59.2 Å². The molecule has 0 amide bonds. The zero-order valence-corrected chi connectivity index (χ0v) is 15.2. The smallest absolute Gasteiger partial charge is 0.00335 e. The van der Waals surface area contributed by atoms with E-state index in [1.54, 1.807) is 25.7 Å². The van der Waals surface area contributed by atoms with Gasteiger partial charge in [-0.15, -0.1) is 0 Å². The first-order valence-electron chi connectivity index (χ1n) is 9.67. The van der Waals surface area contributed by atoms with Crippen molar-refractivity contribution < 1.29 is 0 Å². The fourth-order valence-corrected chi connectivity index (χ4v) is 8.94. The minimum Gasteiger partial charge on any atom is -0.161 e. The number of thioether (sulfide) groups is 1. The third-order valence-corrected chi connectivity index (χ3v) is 10.1. The molecule has 0 heterocycles. The maximum Gasteiger partial charge on any atom is -0.00335 e. The van der Waals surface area contributed by atoms with Gasteiger partial charge in [-0.05, 0) is 96.4 Å². The molecule has 4 saturated carbocycles. The summed E-state index contributed by atoms with van der Waals surface area (Å²) in [5.41, 5.74) is 0. The Bertz CT molecular complexity index is 323. The lowest BCUT2D eigenvalue weighted by molar-refractivity contribution is 0.259. The maximum absolute atomic E-state index is 2.53. The Morgan fingerprint density at radius 1 is 0.571 bits per heavy atom. The number of fused-ring (bicyclic) bond motifs is 4. The van der Waals surface area contributed by atoms with Crippen LogP contribution in [-0.4, -0.2) is 11.5 Å². The summed E-state index contributed by atoms with van der Waals surface area (Å²) in [4.78, 5) is 0. The fourth-order valence-electron chi connectivity index (χ4n) is 7.27. The molecule has 0 aromatic carbocycles. The molecule has 0 N–H and O–H groups in total. The van der Waals surface area contributed by atoms with Gasteiger partial charge in [0.15, 0.2) is 0 Å². The highest BCUT2D eigenvalue weighted by Crippen LogP contribution is 2.59. The summed E-state index contributed by atoms with van der Waals surface area (Å²) in [6.45, 7) is 10.1. The average molecular weight is 307 g/mol. The Kier molecular flexibility index (Phi) is 3.88. The molecule has 0 aromatic heterocycles. The van der Waals surface area contributed by atoms with Crippen LogP contribution in [0.2, 0.25) is 0 Å². The molecular formula is C20H34S. The van der Waals surface area contributed by atoms with E-state index in [0.29, 0.717) is 0 Å². The molecule has 0 spiro atoms. The molecule has 4 rings (SSSR count). The largest absolute Gasteiger partial charge is 0.161 e. The van der Waals surface area contributed by atoms with Crippen LogP contribution in [0.1, 0.15) is 53.4 Å². The minimum absolute atomic E-state index is 1.01. The molecule has 8 atom stereocenters. The van der Waals surface area contributed by atoms with Crippen LogP contribution in [0.4, 0.5) is 0 Å². The van der Waals surface area contributed by atoms with Crippen molar-refractivity contribution in [3.63, 3.8) is 0 Å². The van der Waals surface area contributed by atoms with Crippen molar-refractivity contribution in [2.45, 2.75) is 53.4 Å². The summed E-state index contributed by atoms with van der Waals surface area (Å²) in [7, 11) is 0. The van der Waals surface area contributed by atoms with E-state index in [9.17, 15) is 0 Å². The lowest BCUT2D eigenvalue weighted by atomic mass is 9.82. The summed E-state index contributed by atoms with van der Waals surface area (Å²) >= 11 is 2.35. The molecule has 4 fully saturated rings. The SMILES string of the molecule is CC1C(C)C2CCC1C2CSCC1C2CCC1C(C)C2C. The van der Waals surface area contributed by atoms with Crippen molar-refractivity contribution in [3.05, 3.63) is 0 Å². The van der Waals surface area contributed by atoms with E-state index in [4.69, 9.17) is 0 Å². The van der Waals surface area contributed by atoms with Gasteiger partial charge in [0.05, 0.1) is 0 Å². The van der Waals surface area contributed by atoms with Crippen molar-refractivity contribution in [2.24, 2.45) is 59.2 Å². The Balaban J connectivity index is 1.31. The summed E-state index contributed by atoms with van der Waals surface area (Å²) in [5.74, 6) is 13.5. The molecule has 1 heteroatoms. The van der Waals surface area contributed by atoms with Crippen LogP contribution < -0.4 is 0 Å². The second-order valence-electron chi connectivity index (χ2n) is 9.11. The van der Waals surface area contributed by atoms with Gasteiger partial charge in [0.2, 0.25) is 0 Å². The molecule has 4 aliphatic rings. The van der Waals surface area contributed by atoms with E-state index < -0.39 is 0 Å². The van der Waals surface area contributed by atoms with E-state index in [0.717, 1.165) is 59.2 Å². The van der Waals surface area contributed by atoms with Gasteiger partial charge in [0, 0.05) is 0 Å². The number of hydrogen-bond donors (Lipinski definition) is 0. The maximum atomic E-state index is 2.53. The Morgan fingerprint density at radius 2 is 0.857 bits per heavy atom. The summed E-state index contributed by atoms with van der Waals surface area (Å²) in [5, 5.41) is 0. The van der Waals surface area contributed by atoms with E-state index in [-0.39, 0.29) is 0 Å². The first kappa shape index (κ1) is 14.9. The highest BCUT2D eigenvalue weighted by atomic mass is 32.2. The normalized spacial score (nSPS) is 58.3. The molecule has 0 nitrogen and oxygen atoms in total. The van der Waals surface area contributed by atoms with Crippen LogP contribution in [0.25, 0.3) is 0 Å². The lowest BCUT2D eigenvalue weighted by Gasteiger charge is -2.23. The quantitative estimate of drug-likeness (QED) is 0.653. The highest BCUT2D eigenvalue weighted by Gasteiger charge is 2.52. The predicted molar refractivity (Wildman–Crippen MR) is 93.4 cm³/mol. The van der Waals surface area contributed by atoms with Crippen molar-refractivity contribution in [2.75, 3.05) is 11.5 Å². The van der Waals surface area contributed by atoms with Crippen molar-refractivity contribution in [1.82, 2.24) is 0 Å². The monoisotopic (exact) mass is 306 g/mol. The minimum atomic E-state index is 1.01. The van der Waals surface area contributed by atoms with Crippen molar-refractivity contribution in [3.8, 4) is 0 Å². The standard InChI is InChI=1S/C20H34S/c1-11-12(2)16-6-5-15(11)19(16)9-21-10-20-17-7-8-18(20)14(4)13(17)3/h11-20H,5-10H2,1-4H3. The molecular weight excluding hydrogens is 272 g/mol. The van der Waals surface area contributed by atoms with Crippen LogP contribution in [0.15, 0.2) is 0 Å². The zero-order valence-electron chi connectivity index (χ0n) is 14.4. The molecule has 4 aliphatic carbocycles. The molecule has 8 unspecified atom stereocenters. The van der Waals surface area contributed by atoms with Gasteiger partial charge < -0.3 is 0 Å². The fraction of sp³-hybridized carbons (Fsp3) is 1.00. The van der Waals surface area contributed by atoms with Gasteiger partial charge in [0.1, 0.15) is 0 Å². The molecule has 4 bridgehead atoms. The first-order valence-corrected chi connectivity index (χ1v) is 10.8. The van der Waals surface area contributed by atoms with E-state index in [1.807, 2.05) is 0 Å². The van der Waals surface area contributed by atoms with Crippen molar-refractivity contribution in [1.29, 1.82) is 0 Å². The van der Waals surface area contributed by atoms with Crippen LogP contribution in [0.5, 0.6) is 0 Å². The van der Waals surface area contributed by atoms with E-state index in [1.165, 1.54) is 11.5 Å². The molecule has 120 valence electrons. The zero-order chi connectivity index (χ0) is 14.7. The van der Waals surface area contributed by atoms with Gasteiger partial charge in [-0.2, -0.15) is 11.8 Å². The lowest BCUT2D eigenvalue weighted by Crippen LogP contribution is -2.15. The molecule has 0 aliphatic heterocycles. The Morgan fingerprint density at radius 3 is 1.14 bits per heavy atom. The Hall–Kier alpha value is 0.350. The second-order valence-corrected chi connectivity index (χ2v) is 10.2. The Labute approximate surface area is 136 Å².